The Morgan fingerprint density at radius 3 is 3.07 bits per heavy atom. The van der Waals surface area contributed by atoms with E-state index in [0.717, 1.165) is 5.69 Å². The van der Waals surface area contributed by atoms with Crippen molar-refractivity contribution >= 4 is 23.0 Å². The minimum absolute atomic E-state index is 0.131. The van der Waals surface area contributed by atoms with Crippen LogP contribution in [0, 0.1) is 0 Å². The van der Waals surface area contributed by atoms with Crippen LogP contribution in [0.4, 0.5) is 5.69 Å². The number of aliphatic hydroxyl groups is 1. The predicted molar refractivity (Wildman–Crippen MR) is 60.4 cm³/mol. The van der Waals surface area contributed by atoms with Crippen LogP contribution in [0.2, 0.25) is 0 Å². The molecule has 1 heterocycles. The predicted octanol–water partition coefficient (Wildman–Crippen LogP) is 1.72. The Bertz CT molecular complexity index is 324. The average molecular weight is 229 g/mol. The maximum absolute atomic E-state index is 11.3. The molecule has 4 nitrogen and oxygen atoms in total. The van der Waals surface area contributed by atoms with E-state index in [4.69, 9.17) is 5.11 Å². The molecule has 0 aliphatic rings. The van der Waals surface area contributed by atoms with E-state index in [1.165, 1.54) is 18.4 Å². The van der Waals surface area contributed by atoms with Crippen LogP contribution in [0.25, 0.3) is 0 Å². The topological polar surface area (TPSA) is 58.6 Å². The highest BCUT2D eigenvalue weighted by Crippen LogP contribution is 2.24. The fourth-order valence-electron chi connectivity index (χ4n) is 1.20. The number of aliphatic hydroxyl groups excluding tert-OH is 1. The molecule has 0 aromatic carbocycles. The van der Waals surface area contributed by atoms with Gasteiger partial charge in [0.05, 0.1) is 12.8 Å². The molecular formula is C10H15NO3S. The van der Waals surface area contributed by atoms with Gasteiger partial charge in [-0.3, -0.25) is 0 Å². The van der Waals surface area contributed by atoms with Crippen molar-refractivity contribution in [3.05, 3.63) is 16.3 Å². The monoisotopic (exact) mass is 229 g/mol. The number of nitrogens with one attached hydrogen (secondary N) is 1. The van der Waals surface area contributed by atoms with Crippen molar-refractivity contribution in [2.75, 3.05) is 19.0 Å². The zero-order chi connectivity index (χ0) is 11.3. The summed E-state index contributed by atoms with van der Waals surface area (Å²) < 4.78 is 4.66. The SMILES string of the molecule is COC(=O)c1sccc1N[C@@H](C)CCO. The molecule has 0 saturated heterocycles. The molecule has 0 radical (unpaired) electrons. The second-order valence-electron chi connectivity index (χ2n) is 3.21. The first-order chi connectivity index (χ1) is 7.19. The number of carbonyl (C=O) groups is 1. The highest BCUT2D eigenvalue weighted by atomic mass is 32.1. The summed E-state index contributed by atoms with van der Waals surface area (Å²) in [5, 5.41) is 13.8. The first-order valence-electron chi connectivity index (χ1n) is 4.72. The Labute approximate surface area is 92.9 Å². The molecule has 5 heteroatoms. The van der Waals surface area contributed by atoms with Crippen LogP contribution in [0.1, 0.15) is 23.0 Å². The van der Waals surface area contributed by atoms with Gasteiger partial charge in [0, 0.05) is 12.6 Å². The molecule has 0 aliphatic heterocycles. The van der Waals surface area contributed by atoms with E-state index in [1.807, 2.05) is 18.4 Å². The molecule has 1 atom stereocenters. The van der Waals surface area contributed by atoms with Crippen LogP contribution in [-0.4, -0.2) is 30.8 Å². The van der Waals surface area contributed by atoms with E-state index in [-0.39, 0.29) is 18.6 Å². The fraction of sp³-hybridized carbons (Fsp3) is 0.500. The van der Waals surface area contributed by atoms with Crippen LogP contribution in [0.3, 0.4) is 0 Å². The van der Waals surface area contributed by atoms with Gasteiger partial charge in [-0.2, -0.15) is 0 Å². The van der Waals surface area contributed by atoms with Gasteiger partial charge in [-0.15, -0.1) is 11.3 Å². The van der Waals surface area contributed by atoms with Crippen molar-refractivity contribution in [3.63, 3.8) is 0 Å². The number of hydrogen-bond donors (Lipinski definition) is 2. The lowest BCUT2D eigenvalue weighted by atomic mass is 10.2. The molecule has 0 bridgehead atoms. The second-order valence-corrected chi connectivity index (χ2v) is 4.13. The van der Waals surface area contributed by atoms with Crippen molar-refractivity contribution in [2.45, 2.75) is 19.4 Å². The molecule has 1 aromatic heterocycles. The molecule has 15 heavy (non-hydrogen) atoms. The highest BCUT2D eigenvalue weighted by molar-refractivity contribution is 7.12. The van der Waals surface area contributed by atoms with E-state index in [9.17, 15) is 4.79 Å². The van der Waals surface area contributed by atoms with Crippen LogP contribution < -0.4 is 5.32 Å². The molecule has 84 valence electrons. The largest absolute Gasteiger partial charge is 0.465 e. The number of carbonyl (C=O) groups excluding carboxylic acids is 1. The number of thiophene rings is 1. The standard InChI is InChI=1S/C10H15NO3S/c1-7(3-5-12)11-8-4-6-15-9(8)10(13)14-2/h4,6-7,11-12H,3,5H2,1-2H3/t7-/m0/s1. The van der Waals surface area contributed by atoms with Gasteiger partial charge in [0.2, 0.25) is 0 Å². The second kappa shape index (κ2) is 5.72. The van der Waals surface area contributed by atoms with Crippen molar-refractivity contribution in [3.8, 4) is 0 Å². The Morgan fingerprint density at radius 1 is 1.73 bits per heavy atom. The lowest BCUT2D eigenvalue weighted by Crippen LogP contribution is -2.17. The van der Waals surface area contributed by atoms with Gasteiger partial charge in [-0.25, -0.2) is 4.79 Å². The maximum atomic E-state index is 11.3. The smallest absolute Gasteiger partial charge is 0.350 e. The van der Waals surface area contributed by atoms with Crippen molar-refractivity contribution in [1.82, 2.24) is 0 Å². The minimum atomic E-state index is -0.330. The summed E-state index contributed by atoms with van der Waals surface area (Å²) in [5.41, 5.74) is 0.771. The number of methoxy groups -OCH3 is 1. The quantitative estimate of drug-likeness (QED) is 0.755. The normalized spacial score (nSPS) is 12.2. The van der Waals surface area contributed by atoms with Gasteiger partial charge in [0.15, 0.2) is 0 Å². The van der Waals surface area contributed by atoms with Gasteiger partial charge >= 0.3 is 5.97 Å². The number of anilines is 1. The van der Waals surface area contributed by atoms with Gasteiger partial charge in [0.1, 0.15) is 4.88 Å². The third-order valence-electron chi connectivity index (χ3n) is 2.00. The third-order valence-corrected chi connectivity index (χ3v) is 2.89. The summed E-state index contributed by atoms with van der Waals surface area (Å²) in [6.45, 7) is 2.08. The molecule has 0 aliphatic carbocycles. The Kier molecular flexibility index (Phi) is 4.58. The van der Waals surface area contributed by atoms with E-state index in [0.29, 0.717) is 11.3 Å². The summed E-state index contributed by atoms with van der Waals surface area (Å²) in [7, 11) is 1.36. The van der Waals surface area contributed by atoms with Crippen LogP contribution >= 0.6 is 11.3 Å². The molecule has 2 N–H and O–H groups in total. The van der Waals surface area contributed by atoms with Gasteiger partial charge in [-0.1, -0.05) is 0 Å². The number of ether oxygens (including phenoxy) is 1. The number of rotatable bonds is 5. The van der Waals surface area contributed by atoms with Crippen molar-refractivity contribution in [1.29, 1.82) is 0 Å². The molecule has 1 aromatic rings. The third kappa shape index (κ3) is 3.21. The van der Waals surface area contributed by atoms with E-state index >= 15 is 0 Å². The lowest BCUT2D eigenvalue weighted by molar-refractivity contribution is 0.0607. The molecule has 0 unspecified atom stereocenters. The van der Waals surface area contributed by atoms with Crippen molar-refractivity contribution < 1.29 is 14.6 Å². The van der Waals surface area contributed by atoms with E-state index in [2.05, 4.69) is 10.1 Å². The molecule has 1 rings (SSSR count). The molecule has 0 fully saturated rings. The number of hydrogen-bond acceptors (Lipinski definition) is 5. The number of esters is 1. The van der Waals surface area contributed by atoms with E-state index < -0.39 is 0 Å². The molecule has 0 amide bonds. The molecular weight excluding hydrogens is 214 g/mol. The first-order valence-corrected chi connectivity index (χ1v) is 5.60. The zero-order valence-electron chi connectivity index (χ0n) is 8.82. The molecule has 0 spiro atoms. The fourth-order valence-corrected chi connectivity index (χ4v) is 1.98. The highest BCUT2D eigenvalue weighted by Gasteiger charge is 2.14. The molecule has 0 saturated carbocycles. The Morgan fingerprint density at radius 2 is 2.47 bits per heavy atom. The van der Waals surface area contributed by atoms with Crippen molar-refractivity contribution in [2.24, 2.45) is 0 Å². The summed E-state index contributed by atoms with van der Waals surface area (Å²) in [6, 6.07) is 1.97. The minimum Gasteiger partial charge on any atom is -0.465 e. The summed E-state index contributed by atoms with van der Waals surface area (Å²) in [5.74, 6) is -0.330. The summed E-state index contributed by atoms with van der Waals surface area (Å²) in [6.07, 6.45) is 0.649. The van der Waals surface area contributed by atoms with Gasteiger partial charge < -0.3 is 15.2 Å². The first kappa shape index (κ1) is 12.0. The Balaban J connectivity index is 2.68. The Hall–Kier alpha value is -1.07. The average Bonchev–Trinajstić information content (AvgIpc) is 2.65. The summed E-state index contributed by atoms with van der Waals surface area (Å²) in [4.78, 5) is 11.9. The van der Waals surface area contributed by atoms with E-state index in [1.54, 1.807) is 0 Å². The zero-order valence-corrected chi connectivity index (χ0v) is 9.63. The lowest BCUT2D eigenvalue weighted by Gasteiger charge is -2.13. The summed E-state index contributed by atoms with van der Waals surface area (Å²) >= 11 is 1.34. The van der Waals surface area contributed by atoms with Gasteiger partial charge in [-0.05, 0) is 24.8 Å². The maximum Gasteiger partial charge on any atom is 0.350 e. The van der Waals surface area contributed by atoms with Crippen LogP contribution in [-0.2, 0) is 4.74 Å². The van der Waals surface area contributed by atoms with Gasteiger partial charge in [0.25, 0.3) is 0 Å². The van der Waals surface area contributed by atoms with Crippen LogP contribution in [0.15, 0.2) is 11.4 Å². The van der Waals surface area contributed by atoms with Crippen LogP contribution in [0.5, 0.6) is 0 Å².